The molecule has 1 N–H and O–H groups in total. The monoisotopic (exact) mass is 340 g/mol. The Morgan fingerprint density at radius 1 is 1.21 bits per heavy atom. The van der Waals surface area contributed by atoms with E-state index in [0.717, 1.165) is 16.7 Å². The number of thioether (sulfide) groups is 1. The van der Waals surface area contributed by atoms with Gasteiger partial charge in [-0.2, -0.15) is 0 Å². The average molecular weight is 340 g/mol. The number of aromatic nitrogens is 2. The molecular weight excluding hydrogens is 328 g/mol. The van der Waals surface area contributed by atoms with Crippen LogP contribution in [0.4, 0.5) is 11.4 Å². The van der Waals surface area contributed by atoms with Crippen LogP contribution in [0.3, 0.4) is 0 Å². The summed E-state index contributed by atoms with van der Waals surface area (Å²) in [5, 5.41) is 14.2. The number of fused-ring (bicyclic) bond motifs is 3. The summed E-state index contributed by atoms with van der Waals surface area (Å²) < 4.78 is 1.65. The fourth-order valence-corrected chi connectivity index (χ4v) is 3.73. The van der Waals surface area contributed by atoms with Gasteiger partial charge in [-0.1, -0.05) is 23.9 Å². The minimum atomic E-state index is -0.440. The minimum absolute atomic E-state index is 0.00175. The molecule has 0 fully saturated rings. The lowest BCUT2D eigenvalue weighted by Crippen LogP contribution is -2.25. The topological polar surface area (TPSA) is 90.1 Å². The Bertz CT molecular complexity index is 952. The SMILES string of the molecule is O=C1C(CNc2ccc([N+](=O)[O-])cc2)Sc2nc3ccccc3n21. The van der Waals surface area contributed by atoms with Gasteiger partial charge in [-0.05, 0) is 24.3 Å². The van der Waals surface area contributed by atoms with E-state index in [1.165, 1.54) is 23.9 Å². The lowest BCUT2D eigenvalue weighted by molar-refractivity contribution is -0.384. The largest absolute Gasteiger partial charge is 0.383 e. The summed E-state index contributed by atoms with van der Waals surface area (Å²) in [6, 6.07) is 13.7. The van der Waals surface area contributed by atoms with E-state index in [0.29, 0.717) is 11.7 Å². The third kappa shape index (κ3) is 2.41. The van der Waals surface area contributed by atoms with Crippen LogP contribution in [0.2, 0.25) is 0 Å². The van der Waals surface area contributed by atoms with Crippen molar-refractivity contribution in [3.05, 3.63) is 58.6 Å². The molecule has 0 saturated heterocycles. The van der Waals surface area contributed by atoms with Crippen LogP contribution in [0.5, 0.6) is 0 Å². The van der Waals surface area contributed by atoms with E-state index in [9.17, 15) is 14.9 Å². The number of hydrogen-bond acceptors (Lipinski definition) is 6. The number of non-ortho nitro benzene ring substituents is 1. The molecule has 0 radical (unpaired) electrons. The van der Waals surface area contributed by atoms with Gasteiger partial charge in [-0.25, -0.2) is 4.98 Å². The molecule has 120 valence electrons. The molecule has 0 bridgehead atoms. The minimum Gasteiger partial charge on any atom is -0.383 e. The number of nitro benzene ring substituents is 1. The van der Waals surface area contributed by atoms with Gasteiger partial charge in [-0.3, -0.25) is 19.5 Å². The maximum Gasteiger partial charge on any atom is 0.269 e. The van der Waals surface area contributed by atoms with Crippen molar-refractivity contribution < 1.29 is 9.72 Å². The van der Waals surface area contributed by atoms with Crippen LogP contribution in [0, 0.1) is 10.1 Å². The zero-order valence-electron chi connectivity index (χ0n) is 12.4. The Hall–Kier alpha value is -2.87. The second-order valence-corrected chi connectivity index (χ2v) is 6.52. The van der Waals surface area contributed by atoms with E-state index in [2.05, 4.69) is 10.3 Å². The van der Waals surface area contributed by atoms with Crippen molar-refractivity contribution in [2.75, 3.05) is 11.9 Å². The highest BCUT2D eigenvalue weighted by Crippen LogP contribution is 2.35. The van der Waals surface area contributed by atoms with Crippen molar-refractivity contribution >= 4 is 40.1 Å². The van der Waals surface area contributed by atoms with Gasteiger partial charge < -0.3 is 5.32 Å². The van der Waals surface area contributed by atoms with Gasteiger partial charge in [0.1, 0.15) is 5.25 Å². The molecule has 3 aromatic rings. The van der Waals surface area contributed by atoms with E-state index in [-0.39, 0.29) is 16.8 Å². The first-order valence-corrected chi connectivity index (χ1v) is 8.18. The summed E-state index contributed by atoms with van der Waals surface area (Å²) in [5.41, 5.74) is 2.42. The third-order valence-corrected chi connectivity index (χ3v) is 4.98. The number of nitro groups is 1. The molecule has 1 aliphatic rings. The number of rotatable bonds is 4. The lowest BCUT2D eigenvalue weighted by atomic mass is 10.2. The molecule has 2 heterocycles. The molecule has 1 aromatic heterocycles. The predicted molar refractivity (Wildman–Crippen MR) is 91.6 cm³/mol. The number of benzene rings is 2. The Morgan fingerprint density at radius 2 is 1.96 bits per heavy atom. The van der Waals surface area contributed by atoms with Gasteiger partial charge in [0.05, 0.1) is 16.0 Å². The highest BCUT2D eigenvalue weighted by Gasteiger charge is 2.34. The smallest absolute Gasteiger partial charge is 0.269 e. The van der Waals surface area contributed by atoms with E-state index in [4.69, 9.17) is 0 Å². The Labute approximate surface area is 140 Å². The summed E-state index contributed by atoms with van der Waals surface area (Å²) in [4.78, 5) is 27.3. The summed E-state index contributed by atoms with van der Waals surface area (Å²) in [6.07, 6.45) is 0. The molecule has 1 aliphatic heterocycles. The molecule has 7 nitrogen and oxygen atoms in total. The van der Waals surface area contributed by atoms with Gasteiger partial charge in [0.15, 0.2) is 5.16 Å². The number of carbonyl (C=O) groups is 1. The Kier molecular flexibility index (Phi) is 3.46. The van der Waals surface area contributed by atoms with Crippen molar-refractivity contribution in [2.24, 2.45) is 0 Å². The van der Waals surface area contributed by atoms with Crippen LogP contribution >= 0.6 is 11.8 Å². The molecule has 1 atom stereocenters. The number of imidazole rings is 1. The van der Waals surface area contributed by atoms with Crippen LogP contribution in [-0.2, 0) is 0 Å². The maximum absolute atomic E-state index is 12.6. The van der Waals surface area contributed by atoms with E-state index >= 15 is 0 Å². The first-order valence-electron chi connectivity index (χ1n) is 7.30. The summed E-state index contributed by atoms with van der Waals surface area (Å²) in [6.45, 7) is 0.430. The number of hydrogen-bond donors (Lipinski definition) is 1. The lowest BCUT2D eigenvalue weighted by Gasteiger charge is -2.10. The molecule has 8 heteroatoms. The number of nitrogens with zero attached hydrogens (tertiary/aromatic N) is 3. The van der Waals surface area contributed by atoms with Gasteiger partial charge in [0.2, 0.25) is 5.91 Å². The molecule has 2 aromatic carbocycles. The van der Waals surface area contributed by atoms with Crippen LogP contribution in [0.25, 0.3) is 11.0 Å². The van der Waals surface area contributed by atoms with Gasteiger partial charge in [0, 0.05) is 24.4 Å². The highest BCUT2D eigenvalue weighted by molar-refractivity contribution is 8.01. The standard InChI is InChI=1S/C16H12N4O3S/c21-15-14(9-17-10-5-7-11(8-6-10)20(22)23)24-16-18-12-3-1-2-4-13(12)19(15)16/h1-8,14,17H,9H2. The number of anilines is 1. The normalized spacial score (nSPS) is 16.3. The summed E-state index contributed by atoms with van der Waals surface area (Å²) in [7, 11) is 0. The average Bonchev–Trinajstić information content (AvgIpc) is 3.10. The van der Waals surface area contributed by atoms with Crippen molar-refractivity contribution in [3.63, 3.8) is 0 Å². The zero-order chi connectivity index (χ0) is 16.7. The molecule has 0 saturated carbocycles. The number of nitrogens with one attached hydrogen (secondary N) is 1. The molecule has 0 spiro atoms. The van der Waals surface area contributed by atoms with Gasteiger partial charge >= 0.3 is 0 Å². The third-order valence-electron chi connectivity index (χ3n) is 3.84. The van der Waals surface area contributed by atoms with E-state index < -0.39 is 4.92 Å². The van der Waals surface area contributed by atoms with Crippen LogP contribution in [0.15, 0.2) is 53.7 Å². The molecule has 24 heavy (non-hydrogen) atoms. The van der Waals surface area contributed by atoms with E-state index in [1.54, 1.807) is 16.7 Å². The van der Waals surface area contributed by atoms with Gasteiger partial charge in [0.25, 0.3) is 5.69 Å². The fourth-order valence-electron chi connectivity index (χ4n) is 2.66. The highest BCUT2D eigenvalue weighted by atomic mass is 32.2. The van der Waals surface area contributed by atoms with Crippen molar-refractivity contribution in [3.8, 4) is 0 Å². The van der Waals surface area contributed by atoms with Gasteiger partial charge in [-0.15, -0.1) is 0 Å². The second-order valence-electron chi connectivity index (χ2n) is 5.35. The molecule has 0 amide bonds. The molecular formula is C16H12N4O3S. The Balaban J connectivity index is 1.48. The quantitative estimate of drug-likeness (QED) is 0.579. The molecule has 1 unspecified atom stereocenters. The number of para-hydroxylation sites is 2. The predicted octanol–water partition coefficient (Wildman–Crippen LogP) is 3.17. The van der Waals surface area contributed by atoms with Crippen LogP contribution in [0.1, 0.15) is 4.79 Å². The molecule has 0 aliphatic carbocycles. The first kappa shape index (κ1) is 14.7. The number of carbonyl (C=O) groups excluding carboxylic acids is 1. The van der Waals surface area contributed by atoms with Crippen molar-refractivity contribution in [1.82, 2.24) is 9.55 Å². The van der Waals surface area contributed by atoms with Crippen LogP contribution in [-0.4, -0.2) is 32.2 Å². The Morgan fingerprint density at radius 3 is 2.71 bits per heavy atom. The fraction of sp³-hybridized carbons (Fsp3) is 0.125. The first-order chi connectivity index (χ1) is 11.6. The summed E-state index contributed by atoms with van der Waals surface area (Å²) >= 11 is 1.43. The van der Waals surface area contributed by atoms with Crippen molar-refractivity contribution in [2.45, 2.75) is 10.4 Å². The molecule has 4 rings (SSSR count). The van der Waals surface area contributed by atoms with Crippen LogP contribution < -0.4 is 5.32 Å². The maximum atomic E-state index is 12.6. The van der Waals surface area contributed by atoms with E-state index in [1.807, 2.05) is 24.3 Å². The summed E-state index contributed by atoms with van der Waals surface area (Å²) in [5.74, 6) is -0.00175. The zero-order valence-corrected chi connectivity index (χ0v) is 13.2. The second kappa shape index (κ2) is 5.64. The van der Waals surface area contributed by atoms with Crippen molar-refractivity contribution in [1.29, 1.82) is 0 Å².